The SMILES string of the molecule is CC(C)N(CCNS(C)(=O)=O)CCc1ccc(F)cc1. The van der Waals surface area contributed by atoms with Gasteiger partial charge in [-0.25, -0.2) is 17.5 Å². The molecule has 1 rings (SSSR count). The molecule has 0 saturated carbocycles. The van der Waals surface area contributed by atoms with Gasteiger partial charge in [-0.15, -0.1) is 0 Å². The third-order valence-corrected chi connectivity index (χ3v) is 3.82. The minimum absolute atomic E-state index is 0.230. The topological polar surface area (TPSA) is 49.4 Å². The molecular weight excluding hydrogens is 279 g/mol. The van der Waals surface area contributed by atoms with E-state index in [-0.39, 0.29) is 5.82 Å². The zero-order chi connectivity index (χ0) is 15.2. The molecule has 6 heteroatoms. The molecule has 0 aliphatic rings. The summed E-state index contributed by atoms with van der Waals surface area (Å²) in [7, 11) is -3.14. The van der Waals surface area contributed by atoms with E-state index in [1.165, 1.54) is 12.1 Å². The molecular formula is C14H23FN2O2S. The van der Waals surface area contributed by atoms with Gasteiger partial charge in [0.2, 0.25) is 10.0 Å². The predicted octanol–water partition coefficient (Wildman–Crippen LogP) is 1.63. The van der Waals surface area contributed by atoms with Crippen LogP contribution >= 0.6 is 0 Å². The standard InChI is InChI=1S/C14H23FN2O2S/c1-12(2)17(11-9-16-20(3,18)19)10-8-13-4-6-14(15)7-5-13/h4-7,12,16H,8-11H2,1-3H3. The molecule has 0 spiro atoms. The molecule has 0 amide bonds. The van der Waals surface area contributed by atoms with Crippen LogP contribution in [0.25, 0.3) is 0 Å². The van der Waals surface area contributed by atoms with E-state index in [0.29, 0.717) is 19.1 Å². The van der Waals surface area contributed by atoms with Crippen molar-refractivity contribution >= 4 is 10.0 Å². The lowest BCUT2D eigenvalue weighted by Crippen LogP contribution is -2.39. The van der Waals surface area contributed by atoms with E-state index < -0.39 is 10.0 Å². The average molecular weight is 302 g/mol. The molecule has 20 heavy (non-hydrogen) atoms. The number of hydrogen-bond donors (Lipinski definition) is 1. The Labute approximate surface area is 121 Å². The first-order chi connectivity index (χ1) is 9.28. The molecule has 0 unspecified atom stereocenters. The fourth-order valence-corrected chi connectivity index (χ4v) is 2.39. The van der Waals surface area contributed by atoms with Crippen LogP contribution in [0.4, 0.5) is 4.39 Å². The van der Waals surface area contributed by atoms with Crippen LogP contribution in [0, 0.1) is 5.82 Å². The zero-order valence-electron chi connectivity index (χ0n) is 12.3. The van der Waals surface area contributed by atoms with Gasteiger partial charge in [-0.05, 0) is 38.0 Å². The van der Waals surface area contributed by atoms with Crippen molar-refractivity contribution in [2.75, 3.05) is 25.9 Å². The largest absolute Gasteiger partial charge is 0.299 e. The third kappa shape index (κ3) is 6.98. The highest BCUT2D eigenvalue weighted by Gasteiger charge is 2.10. The molecule has 1 N–H and O–H groups in total. The van der Waals surface area contributed by atoms with E-state index in [2.05, 4.69) is 23.5 Å². The number of sulfonamides is 1. The second kappa shape index (κ2) is 7.71. The van der Waals surface area contributed by atoms with E-state index in [9.17, 15) is 12.8 Å². The van der Waals surface area contributed by atoms with Crippen LogP contribution in [0.2, 0.25) is 0 Å². The Kier molecular flexibility index (Phi) is 6.58. The smallest absolute Gasteiger partial charge is 0.208 e. The highest BCUT2D eigenvalue weighted by atomic mass is 32.2. The molecule has 1 aromatic carbocycles. The van der Waals surface area contributed by atoms with Gasteiger partial charge >= 0.3 is 0 Å². The lowest BCUT2D eigenvalue weighted by molar-refractivity contribution is 0.228. The van der Waals surface area contributed by atoms with Gasteiger partial charge in [-0.3, -0.25) is 4.90 Å². The normalized spacial score (nSPS) is 12.3. The fourth-order valence-electron chi connectivity index (χ4n) is 1.93. The minimum Gasteiger partial charge on any atom is -0.299 e. The van der Waals surface area contributed by atoms with Crippen molar-refractivity contribution in [3.05, 3.63) is 35.6 Å². The average Bonchev–Trinajstić information content (AvgIpc) is 2.33. The number of halogens is 1. The highest BCUT2D eigenvalue weighted by molar-refractivity contribution is 7.88. The van der Waals surface area contributed by atoms with Gasteiger partial charge in [0.05, 0.1) is 6.26 Å². The maximum absolute atomic E-state index is 12.8. The van der Waals surface area contributed by atoms with Crippen molar-refractivity contribution in [2.24, 2.45) is 0 Å². The Bertz CT molecular complexity index is 500. The summed E-state index contributed by atoms with van der Waals surface area (Å²) < 4.78 is 37.4. The summed E-state index contributed by atoms with van der Waals surface area (Å²) in [5.74, 6) is -0.230. The van der Waals surface area contributed by atoms with Crippen LogP contribution < -0.4 is 4.72 Å². The summed E-state index contributed by atoms with van der Waals surface area (Å²) in [5.41, 5.74) is 1.08. The van der Waals surface area contributed by atoms with E-state index in [1.807, 2.05) is 0 Å². The summed E-state index contributed by atoms with van der Waals surface area (Å²) in [5, 5.41) is 0. The van der Waals surface area contributed by atoms with E-state index in [1.54, 1.807) is 12.1 Å². The van der Waals surface area contributed by atoms with Gasteiger partial charge < -0.3 is 0 Å². The maximum atomic E-state index is 12.8. The molecule has 0 bridgehead atoms. The van der Waals surface area contributed by atoms with Gasteiger partial charge in [0.25, 0.3) is 0 Å². The summed E-state index contributed by atoms with van der Waals surface area (Å²) in [6, 6.07) is 6.81. The molecule has 0 fully saturated rings. The molecule has 0 heterocycles. The molecule has 0 atom stereocenters. The van der Waals surface area contributed by atoms with Crippen LogP contribution in [0.15, 0.2) is 24.3 Å². The molecule has 4 nitrogen and oxygen atoms in total. The Balaban J connectivity index is 2.44. The fraction of sp³-hybridized carbons (Fsp3) is 0.571. The molecule has 0 aliphatic heterocycles. The molecule has 0 saturated heterocycles. The number of nitrogens with zero attached hydrogens (tertiary/aromatic N) is 1. The summed E-state index contributed by atoms with van der Waals surface area (Å²) in [6.07, 6.45) is 1.97. The van der Waals surface area contributed by atoms with Crippen molar-refractivity contribution in [3.63, 3.8) is 0 Å². The van der Waals surface area contributed by atoms with Crippen molar-refractivity contribution in [2.45, 2.75) is 26.3 Å². The van der Waals surface area contributed by atoms with Crippen LogP contribution in [-0.4, -0.2) is 45.2 Å². The van der Waals surface area contributed by atoms with Crippen LogP contribution in [0.3, 0.4) is 0 Å². The molecule has 0 aliphatic carbocycles. The quantitative estimate of drug-likeness (QED) is 0.794. The van der Waals surface area contributed by atoms with E-state index >= 15 is 0 Å². The van der Waals surface area contributed by atoms with Gasteiger partial charge in [0.15, 0.2) is 0 Å². The first-order valence-electron chi connectivity index (χ1n) is 6.71. The van der Waals surface area contributed by atoms with E-state index in [4.69, 9.17) is 0 Å². The zero-order valence-corrected chi connectivity index (χ0v) is 13.1. The molecule has 1 aromatic rings. The first-order valence-corrected chi connectivity index (χ1v) is 8.60. The minimum atomic E-state index is -3.14. The van der Waals surface area contributed by atoms with Gasteiger partial charge in [-0.2, -0.15) is 0 Å². The van der Waals surface area contributed by atoms with Crippen LogP contribution in [-0.2, 0) is 16.4 Å². The molecule has 114 valence electrons. The highest BCUT2D eigenvalue weighted by Crippen LogP contribution is 2.06. The van der Waals surface area contributed by atoms with Crippen LogP contribution in [0.5, 0.6) is 0 Å². The second-order valence-electron chi connectivity index (χ2n) is 5.17. The number of hydrogen-bond acceptors (Lipinski definition) is 3. The molecule has 0 aromatic heterocycles. The first kappa shape index (κ1) is 17.1. The third-order valence-electron chi connectivity index (χ3n) is 3.09. The number of nitrogens with one attached hydrogen (secondary N) is 1. The lowest BCUT2D eigenvalue weighted by Gasteiger charge is -2.26. The van der Waals surface area contributed by atoms with Crippen molar-refractivity contribution in [1.29, 1.82) is 0 Å². The number of benzene rings is 1. The Morgan fingerprint density at radius 3 is 2.30 bits per heavy atom. The van der Waals surface area contributed by atoms with Crippen LogP contribution in [0.1, 0.15) is 19.4 Å². The Hall–Kier alpha value is -0.980. The monoisotopic (exact) mass is 302 g/mol. The maximum Gasteiger partial charge on any atom is 0.208 e. The van der Waals surface area contributed by atoms with Gasteiger partial charge in [-0.1, -0.05) is 12.1 Å². The summed E-state index contributed by atoms with van der Waals surface area (Å²) in [4.78, 5) is 2.20. The van der Waals surface area contributed by atoms with Gasteiger partial charge in [0.1, 0.15) is 5.82 Å². The Morgan fingerprint density at radius 1 is 1.20 bits per heavy atom. The second-order valence-corrected chi connectivity index (χ2v) is 7.01. The Morgan fingerprint density at radius 2 is 1.80 bits per heavy atom. The predicted molar refractivity (Wildman–Crippen MR) is 79.7 cm³/mol. The van der Waals surface area contributed by atoms with Crippen molar-refractivity contribution in [1.82, 2.24) is 9.62 Å². The van der Waals surface area contributed by atoms with Gasteiger partial charge in [0, 0.05) is 25.7 Å². The van der Waals surface area contributed by atoms with Crippen molar-refractivity contribution in [3.8, 4) is 0 Å². The van der Waals surface area contributed by atoms with Crippen molar-refractivity contribution < 1.29 is 12.8 Å². The van der Waals surface area contributed by atoms with E-state index in [0.717, 1.165) is 24.8 Å². The lowest BCUT2D eigenvalue weighted by atomic mass is 10.1. The summed E-state index contributed by atoms with van der Waals surface area (Å²) >= 11 is 0. The number of rotatable bonds is 8. The molecule has 0 radical (unpaired) electrons. The summed E-state index contributed by atoms with van der Waals surface area (Å²) in [6.45, 7) is 6.03.